The van der Waals surface area contributed by atoms with E-state index in [9.17, 15) is 0 Å². The van der Waals surface area contributed by atoms with E-state index in [1.807, 2.05) is 67.6 Å². The summed E-state index contributed by atoms with van der Waals surface area (Å²) in [6.45, 7) is 2.75. The standard InChI is InChI=1S/C20H18ClN5O/c1-14-11-19(23-17-9-7-16(21)8-10-17)26-20(22-14)24-18(25-26)13-27-12-15-5-3-2-4-6-15/h2-11,23H,12-13H2,1H3. The van der Waals surface area contributed by atoms with Crippen LogP contribution in [0.2, 0.25) is 5.02 Å². The number of aryl methyl sites for hydroxylation is 1. The Morgan fingerprint density at radius 3 is 2.56 bits per heavy atom. The molecule has 0 saturated carbocycles. The summed E-state index contributed by atoms with van der Waals surface area (Å²) < 4.78 is 7.42. The Morgan fingerprint density at radius 2 is 1.78 bits per heavy atom. The Hall–Kier alpha value is -2.96. The zero-order valence-electron chi connectivity index (χ0n) is 14.8. The molecule has 2 aromatic heterocycles. The van der Waals surface area contributed by atoms with E-state index in [-0.39, 0.29) is 0 Å². The van der Waals surface area contributed by atoms with Crippen molar-refractivity contribution in [2.24, 2.45) is 0 Å². The van der Waals surface area contributed by atoms with Gasteiger partial charge in [-0.25, -0.2) is 4.98 Å². The maximum atomic E-state index is 5.95. The van der Waals surface area contributed by atoms with E-state index in [1.165, 1.54) is 0 Å². The largest absolute Gasteiger partial charge is 0.369 e. The first-order valence-electron chi connectivity index (χ1n) is 8.55. The van der Waals surface area contributed by atoms with E-state index >= 15 is 0 Å². The van der Waals surface area contributed by atoms with Crippen molar-refractivity contribution in [2.45, 2.75) is 20.1 Å². The van der Waals surface area contributed by atoms with Gasteiger partial charge in [0.2, 0.25) is 0 Å². The molecule has 2 heterocycles. The fraction of sp³-hybridized carbons (Fsp3) is 0.150. The van der Waals surface area contributed by atoms with E-state index < -0.39 is 0 Å². The SMILES string of the molecule is Cc1cc(Nc2ccc(Cl)cc2)n2nc(COCc3ccccc3)nc2n1. The molecular formula is C20H18ClN5O. The molecule has 0 aliphatic rings. The second kappa shape index (κ2) is 7.73. The molecule has 7 heteroatoms. The van der Waals surface area contributed by atoms with E-state index in [4.69, 9.17) is 16.3 Å². The highest BCUT2D eigenvalue weighted by Gasteiger charge is 2.10. The van der Waals surface area contributed by atoms with Crippen LogP contribution in [0.4, 0.5) is 11.5 Å². The number of benzene rings is 2. The van der Waals surface area contributed by atoms with Gasteiger partial charge in [0.05, 0.1) is 6.61 Å². The summed E-state index contributed by atoms with van der Waals surface area (Å²) in [6, 6.07) is 19.4. The third-order valence-electron chi connectivity index (χ3n) is 3.94. The molecule has 4 rings (SSSR count). The van der Waals surface area contributed by atoms with Crippen molar-refractivity contribution in [1.82, 2.24) is 19.6 Å². The highest BCUT2D eigenvalue weighted by atomic mass is 35.5. The zero-order valence-corrected chi connectivity index (χ0v) is 15.5. The van der Waals surface area contributed by atoms with Crippen LogP contribution < -0.4 is 5.32 Å². The number of halogens is 1. The van der Waals surface area contributed by atoms with Crippen LogP contribution in [0.25, 0.3) is 5.78 Å². The maximum absolute atomic E-state index is 5.95. The van der Waals surface area contributed by atoms with Gasteiger partial charge in [-0.3, -0.25) is 0 Å². The van der Waals surface area contributed by atoms with Crippen LogP contribution >= 0.6 is 11.6 Å². The monoisotopic (exact) mass is 379 g/mol. The molecule has 0 unspecified atom stereocenters. The normalized spacial score (nSPS) is 11.0. The smallest absolute Gasteiger partial charge is 0.254 e. The van der Waals surface area contributed by atoms with E-state index in [2.05, 4.69) is 20.4 Å². The average Bonchev–Trinajstić information content (AvgIpc) is 3.07. The summed E-state index contributed by atoms with van der Waals surface area (Å²) in [4.78, 5) is 8.93. The van der Waals surface area contributed by atoms with Gasteiger partial charge >= 0.3 is 0 Å². The summed E-state index contributed by atoms with van der Waals surface area (Å²) in [5.41, 5.74) is 2.87. The van der Waals surface area contributed by atoms with E-state index in [0.29, 0.717) is 29.8 Å². The van der Waals surface area contributed by atoms with Crippen LogP contribution in [-0.4, -0.2) is 19.6 Å². The molecule has 0 spiro atoms. The molecule has 0 fully saturated rings. The van der Waals surface area contributed by atoms with Gasteiger partial charge in [-0.1, -0.05) is 41.9 Å². The molecule has 6 nitrogen and oxygen atoms in total. The van der Waals surface area contributed by atoms with Gasteiger partial charge in [0.1, 0.15) is 12.4 Å². The maximum Gasteiger partial charge on any atom is 0.254 e. The lowest BCUT2D eigenvalue weighted by Crippen LogP contribution is -2.03. The van der Waals surface area contributed by atoms with Gasteiger partial charge in [-0.05, 0) is 36.8 Å². The van der Waals surface area contributed by atoms with Crippen molar-refractivity contribution < 1.29 is 4.74 Å². The van der Waals surface area contributed by atoms with Gasteiger partial charge < -0.3 is 10.1 Å². The van der Waals surface area contributed by atoms with Crippen LogP contribution in [0.3, 0.4) is 0 Å². The van der Waals surface area contributed by atoms with Crippen molar-refractivity contribution in [3.8, 4) is 0 Å². The van der Waals surface area contributed by atoms with Crippen molar-refractivity contribution in [3.05, 3.63) is 82.8 Å². The van der Waals surface area contributed by atoms with E-state index in [0.717, 1.165) is 22.8 Å². The van der Waals surface area contributed by atoms with Crippen molar-refractivity contribution in [3.63, 3.8) is 0 Å². The van der Waals surface area contributed by atoms with Crippen LogP contribution in [0, 0.1) is 6.92 Å². The Labute approximate surface area is 161 Å². The van der Waals surface area contributed by atoms with Crippen LogP contribution in [0.5, 0.6) is 0 Å². The minimum Gasteiger partial charge on any atom is -0.369 e. The number of hydrogen-bond acceptors (Lipinski definition) is 5. The lowest BCUT2D eigenvalue weighted by molar-refractivity contribution is 0.102. The number of fused-ring (bicyclic) bond motifs is 1. The number of anilines is 2. The Bertz CT molecular complexity index is 1050. The number of ether oxygens (including phenoxy) is 1. The van der Waals surface area contributed by atoms with Crippen molar-refractivity contribution in [2.75, 3.05) is 5.32 Å². The fourth-order valence-corrected chi connectivity index (χ4v) is 2.82. The second-order valence-corrected chi connectivity index (χ2v) is 6.57. The summed E-state index contributed by atoms with van der Waals surface area (Å²) in [7, 11) is 0. The van der Waals surface area contributed by atoms with Crippen LogP contribution in [0.15, 0.2) is 60.7 Å². The number of aromatic nitrogens is 4. The molecule has 136 valence electrons. The third-order valence-corrected chi connectivity index (χ3v) is 4.20. The number of hydrogen-bond donors (Lipinski definition) is 1. The molecule has 0 radical (unpaired) electrons. The molecule has 0 amide bonds. The predicted octanol–water partition coefficient (Wildman–Crippen LogP) is 4.55. The molecule has 27 heavy (non-hydrogen) atoms. The van der Waals surface area contributed by atoms with E-state index in [1.54, 1.807) is 4.52 Å². The molecule has 0 aliphatic carbocycles. The Kier molecular flexibility index (Phi) is 5.00. The quantitative estimate of drug-likeness (QED) is 0.532. The first-order chi connectivity index (χ1) is 13.2. The molecule has 1 N–H and O–H groups in total. The molecule has 0 saturated heterocycles. The topological polar surface area (TPSA) is 64.3 Å². The zero-order chi connectivity index (χ0) is 18.6. The summed E-state index contributed by atoms with van der Waals surface area (Å²) in [5.74, 6) is 1.90. The number of rotatable bonds is 6. The molecule has 4 aromatic rings. The summed E-state index contributed by atoms with van der Waals surface area (Å²) in [6.07, 6.45) is 0. The molecule has 0 bridgehead atoms. The Balaban J connectivity index is 1.53. The molecular weight excluding hydrogens is 362 g/mol. The lowest BCUT2D eigenvalue weighted by Gasteiger charge is -2.08. The molecule has 0 atom stereocenters. The predicted molar refractivity (Wildman–Crippen MR) is 105 cm³/mol. The fourth-order valence-electron chi connectivity index (χ4n) is 2.69. The van der Waals surface area contributed by atoms with Gasteiger partial charge in [0, 0.05) is 22.5 Å². The lowest BCUT2D eigenvalue weighted by atomic mass is 10.2. The highest BCUT2D eigenvalue weighted by molar-refractivity contribution is 6.30. The van der Waals surface area contributed by atoms with Crippen molar-refractivity contribution in [1.29, 1.82) is 0 Å². The highest BCUT2D eigenvalue weighted by Crippen LogP contribution is 2.20. The molecule has 2 aromatic carbocycles. The number of nitrogens with zero attached hydrogens (tertiary/aromatic N) is 4. The summed E-state index contributed by atoms with van der Waals surface area (Å²) in [5, 5.41) is 8.55. The first-order valence-corrected chi connectivity index (χ1v) is 8.93. The minimum absolute atomic E-state index is 0.317. The van der Waals surface area contributed by atoms with Gasteiger partial charge in [-0.15, -0.1) is 5.10 Å². The van der Waals surface area contributed by atoms with Gasteiger partial charge in [0.25, 0.3) is 5.78 Å². The summed E-state index contributed by atoms with van der Waals surface area (Å²) >= 11 is 5.95. The second-order valence-electron chi connectivity index (χ2n) is 6.13. The van der Waals surface area contributed by atoms with Crippen LogP contribution in [0.1, 0.15) is 17.1 Å². The first kappa shape index (κ1) is 17.5. The molecule has 0 aliphatic heterocycles. The van der Waals surface area contributed by atoms with Crippen LogP contribution in [-0.2, 0) is 18.0 Å². The van der Waals surface area contributed by atoms with Gasteiger partial charge in [0.15, 0.2) is 5.82 Å². The third kappa shape index (κ3) is 4.24. The number of nitrogens with one attached hydrogen (secondary N) is 1. The van der Waals surface area contributed by atoms with Crippen molar-refractivity contribution >= 4 is 28.9 Å². The average molecular weight is 380 g/mol. The van der Waals surface area contributed by atoms with Gasteiger partial charge in [-0.2, -0.15) is 9.50 Å². The Morgan fingerprint density at radius 1 is 1.00 bits per heavy atom. The minimum atomic E-state index is 0.317.